The molecule has 1 aromatic carbocycles. The van der Waals surface area contributed by atoms with E-state index in [-0.39, 0.29) is 5.92 Å². The molecule has 1 heterocycles. The number of hydrogen-bond acceptors (Lipinski definition) is 3. The molecular formula is C16H22N2O3. The van der Waals surface area contributed by atoms with E-state index in [2.05, 4.69) is 4.98 Å². The Hall–Kier alpha value is -1.88. The highest BCUT2D eigenvalue weighted by Gasteiger charge is 2.28. The summed E-state index contributed by atoms with van der Waals surface area (Å²) in [5.74, 6) is -0.240. The smallest absolute Gasteiger partial charge is 0.327 e. The number of aryl methyl sites for hydroxylation is 2. The largest absolute Gasteiger partial charge is 0.480 e. The summed E-state index contributed by atoms with van der Waals surface area (Å²) < 4.78 is 7.00. The molecule has 0 aliphatic rings. The number of carboxylic acid groups (broad SMARTS) is 1. The zero-order valence-corrected chi connectivity index (χ0v) is 13.2. The molecular weight excluding hydrogens is 268 g/mol. The third kappa shape index (κ3) is 2.78. The Balaban J connectivity index is 2.76. The van der Waals surface area contributed by atoms with Gasteiger partial charge < -0.3 is 14.4 Å². The number of imidazole rings is 1. The van der Waals surface area contributed by atoms with Gasteiger partial charge in [0.05, 0.1) is 11.0 Å². The zero-order valence-electron chi connectivity index (χ0n) is 13.2. The number of hydrogen-bond donors (Lipinski definition) is 1. The Kier molecular flexibility index (Phi) is 4.32. The fourth-order valence-electron chi connectivity index (χ4n) is 2.64. The first kappa shape index (κ1) is 15.5. The minimum atomic E-state index is -0.847. The normalized spacial score (nSPS) is 13.0. The lowest BCUT2D eigenvalue weighted by molar-refractivity contribution is -0.142. The SMILES string of the molecule is COCc1nc2cc(C)c(C)cc2n1C(C(=O)O)C(C)C. The van der Waals surface area contributed by atoms with Crippen LogP contribution in [-0.2, 0) is 16.1 Å². The Morgan fingerprint density at radius 1 is 1.33 bits per heavy atom. The second kappa shape index (κ2) is 5.85. The van der Waals surface area contributed by atoms with Crippen LogP contribution in [0, 0.1) is 19.8 Å². The number of aliphatic carboxylic acids is 1. The van der Waals surface area contributed by atoms with Gasteiger partial charge >= 0.3 is 5.97 Å². The summed E-state index contributed by atoms with van der Waals surface area (Å²) in [7, 11) is 1.59. The van der Waals surface area contributed by atoms with Crippen LogP contribution in [0.4, 0.5) is 0 Å². The van der Waals surface area contributed by atoms with Gasteiger partial charge in [-0.3, -0.25) is 0 Å². The van der Waals surface area contributed by atoms with Crippen molar-refractivity contribution >= 4 is 17.0 Å². The molecule has 21 heavy (non-hydrogen) atoms. The number of benzene rings is 1. The maximum atomic E-state index is 11.7. The third-order valence-electron chi connectivity index (χ3n) is 3.81. The molecule has 5 nitrogen and oxygen atoms in total. The maximum absolute atomic E-state index is 11.7. The molecule has 0 amide bonds. The molecule has 0 radical (unpaired) electrons. The van der Waals surface area contributed by atoms with Crippen LogP contribution in [0.3, 0.4) is 0 Å². The van der Waals surface area contributed by atoms with Crippen molar-refractivity contribution < 1.29 is 14.6 Å². The van der Waals surface area contributed by atoms with Gasteiger partial charge in [-0.25, -0.2) is 9.78 Å². The van der Waals surface area contributed by atoms with Crippen molar-refractivity contribution in [2.45, 2.75) is 40.3 Å². The van der Waals surface area contributed by atoms with Crippen molar-refractivity contribution in [1.29, 1.82) is 0 Å². The van der Waals surface area contributed by atoms with E-state index in [9.17, 15) is 9.90 Å². The van der Waals surface area contributed by atoms with E-state index in [4.69, 9.17) is 4.74 Å². The third-order valence-corrected chi connectivity index (χ3v) is 3.81. The molecule has 0 aliphatic carbocycles. The molecule has 0 bridgehead atoms. The number of ether oxygens (including phenoxy) is 1. The quantitative estimate of drug-likeness (QED) is 0.919. The van der Waals surface area contributed by atoms with E-state index >= 15 is 0 Å². The van der Waals surface area contributed by atoms with Crippen LogP contribution >= 0.6 is 0 Å². The fourth-order valence-corrected chi connectivity index (χ4v) is 2.64. The fraction of sp³-hybridized carbons (Fsp3) is 0.500. The molecule has 1 unspecified atom stereocenters. The van der Waals surface area contributed by atoms with Crippen LogP contribution < -0.4 is 0 Å². The van der Waals surface area contributed by atoms with Gasteiger partial charge in [-0.2, -0.15) is 0 Å². The van der Waals surface area contributed by atoms with Gasteiger partial charge in [-0.15, -0.1) is 0 Å². The molecule has 0 saturated carbocycles. The van der Waals surface area contributed by atoms with Gasteiger partial charge in [-0.1, -0.05) is 13.8 Å². The van der Waals surface area contributed by atoms with E-state index in [0.717, 1.165) is 22.2 Å². The summed E-state index contributed by atoms with van der Waals surface area (Å²) in [5.41, 5.74) is 3.94. The number of aromatic nitrogens is 2. The van der Waals surface area contributed by atoms with E-state index in [1.165, 1.54) is 0 Å². The van der Waals surface area contributed by atoms with Gasteiger partial charge in [0.1, 0.15) is 18.5 Å². The molecule has 114 valence electrons. The Labute approximate surface area is 124 Å². The average Bonchev–Trinajstić information content (AvgIpc) is 2.68. The van der Waals surface area contributed by atoms with Crippen molar-refractivity contribution in [1.82, 2.24) is 9.55 Å². The van der Waals surface area contributed by atoms with E-state index in [1.807, 2.05) is 39.8 Å². The van der Waals surface area contributed by atoms with Gasteiger partial charge in [0.15, 0.2) is 0 Å². The number of nitrogens with zero attached hydrogens (tertiary/aromatic N) is 2. The van der Waals surface area contributed by atoms with Crippen molar-refractivity contribution in [2.24, 2.45) is 5.92 Å². The van der Waals surface area contributed by atoms with Crippen molar-refractivity contribution in [3.63, 3.8) is 0 Å². The predicted octanol–water partition coefficient (Wildman–Crippen LogP) is 3.08. The minimum absolute atomic E-state index is 0.0443. The Morgan fingerprint density at radius 3 is 2.48 bits per heavy atom. The number of carbonyl (C=O) groups is 1. The monoisotopic (exact) mass is 290 g/mol. The summed E-state index contributed by atoms with van der Waals surface area (Å²) >= 11 is 0. The van der Waals surface area contributed by atoms with Gasteiger partial charge in [0.2, 0.25) is 0 Å². The first-order valence-electron chi connectivity index (χ1n) is 7.06. The van der Waals surface area contributed by atoms with Crippen LogP contribution in [0.2, 0.25) is 0 Å². The molecule has 5 heteroatoms. The van der Waals surface area contributed by atoms with E-state index in [1.54, 1.807) is 11.7 Å². The van der Waals surface area contributed by atoms with Crippen molar-refractivity contribution in [3.05, 3.63) is 29.1 Å². The first-order valence-corrected chi connectivity index (χ1v) is 7.06. The molecule has 2 aromatic rings. The summed E-state index contributed by atoms with van der Waals surface area (Å²) in [6.07, 6.45) is 0. The van der Waals surface area contributed by atoms with Crippen LogP contribution in [0.1, 0.15) is 36.8 Å². The molecule has 1 aromatic heterocycles. The van der Waals surface area contributed by atoms with E-state index < -0.39 is 12.0 Å². The molecule has 2 rings (SSSR count). The summed E-state index contributed by atoms with van der Waals surface area (Å²) in [6, 6.07) is 3.36. The molecule has 0 saturated heterocycles. The van der Waals surface area contributed by atoms with Crippen molar-refractivity contribution in [3.8, 4) is 0 Å². The lowest BCUT2D eigenvalue weighted by Crippen LogP contribution is -2.26. The molecule has 0 fully saturated rings. The number of carboxylic acids is 1. The standard InChI is InChI=1S/C16H22N2O3/c1-9(2)15(16(19)20)18-13-7-11(4)10(3)6-12(13)17-14(18)8-21-5/h6-7,9,15H,8H2,1-5H3,(H,19,20). The Bertz CT molecular complexity index is 674. The Morgan fingerprint density at radius 2 is 1.95 bits per heavy atom. The van der Waals surface area contributed by atoms with Crippen LogP contribution in [0.15, 0.2) is 12.1 Å². The van der Waals surface area contributed by atoms with Gasteiger partial charge in [0, 0.05) is 7.11 Å². The van der Waals surface area contributed by atoms with Crippen LogP contribution in [0.5, 0.6) is 0 Å². The minimum Gasteiger partial charge on any atom is -0.480 e. The molecule has 1 N–H and O–H groups in total. The van der Waals surface area contributed by atoms with Crippen LogP contribution in [0.25, 0.3) is 11.0 Å². The topological polar surface area (TPSA) is 64.4 Å². The number of methoxy groups -OCH3 is 1. The molecule has 0 aliphatic heterocycles. The predicted molar refractivity (Wildman–Crippen MR) is 81.4 cm³/mol. The summed E-state index contributed by atoms with van der Waals surface area (Å²) in [6.45, 7) is 8.15. The first-order chi connectivity index (χ1) is 9.86. The molecule has 1 atom stereocenters. The van der Waals surface area contributed by atoms with E-state index in [0.29, 0.717) is 12.4 Å². The highest BCUT2D eigenvalue weighted by molar-refractivity contribution is 5.82. The second-order valence-electron chi connectivity index (χ2n) is 5.78. The lowest BCUT2D eigenvalue weighted by atomic mass is 10.0. The van der Waals surface area contributed by atoms with Gasteiger partial charge in [0.25, 0.3) is 0 Å². The average molecular weight is 290 g/mol. The lowest BCUT2D eigenvalue weighted by Gasteiger charge is -2.21. The summed E-state index contributed by atoms with van der Waals surface area (Å²) in [4.78, 5) is 16.3. The molecule has 0 spiro atoms. The number of rotatable bonds is 5. The number of fused-ring (bicyclic) bond motifs is 1. The van der Waals surface area contributed by atoms with Crippen LogP contribution in [-0.4, -0.2) is 27.7 Å². The van der Waals surface area contributed by atoms with Crippen molar-refractivity contribution in [2.75, 3.05) is 7.11 Å². The highest BCUT2D eigenvalue weighted by atomic mass is 16.5. The maximum Gasteiger partial charge on any atom is 0.327 e. The second-order valence-corrected chi connectivity index (χ2v) is 5.78. The highest BCUT2D eigenvalue weighted by Crippen LogP contribution is 2.28. The zero-order chi connectivity index (χ0) is 15.7. The summed E-state index contributed by atoms with van der Waals surface area (Å²) in [5, 5.41) is 9.60. The van der Waals surface area contributed by atoms with Gasteiger partial charge in [-0.05, 0) is 43.0 Å².